The van der Waals surface area contributed by atoms with Gasteiger partial charge in [-0.15, -0.1) is 0 Å². The van der Waals surface area contributed by atoms with Crippen molar-refractivity contribution in [3.63, 3.8) is 0 Å². The summed E-state index contributed by atoms with van der Waals surface area (Å²) in [5, 5.41) is 4.14. The van der Waals surface area contributed by atoms with Crippen LogP contribution in [0.1, 0.15) is 19.8 Å². The number of piperidine rings is 1. The van der Waals surface area contributed by atoms with Gasteiger partial charge >= 0.3 is 12.0 Å². The molecular formula is C19H23N3O4. The summed E-state index contributed by atoms with van der Waals surface area (Å²) in [5.41, 5.74) is 0.463. The largest absolute Gasteiger partial charge is 0.466 e. The highest BCUT2D eigenvalue weighted by Gasteiger charge is 2.29. The van der Waals surface area contributed by atoms with E-state index in [0.717, 1.165) is 12.8 Å². The van der Waals surface area contributed by atoms with E-state index in [1.165, 1.54) is 4.57 Å². The minimum atomic E-state index is -0.286. The minimum absolute atomic E-state index is 0.112. The SMILES string of the molecule is CCOC(=O)C1CCCN(C(=O)Nc2cn(C)c(=O)c3ccccc23)C1. The van der Waals surface area contributed by atoms with Crippen molar-refractivity contribution in [2.75, 3.05) is 25.0 Å². The highest BCUT2D eigenvalue weighted by Crippen LogP contribution is 2.22. The van der Waals surface area contributed by atoms with Crippen LogP contribution < -0.4 is 10.9 Å². The highest BCUT2D eigenvalue weighted by atomic mass is 16.5. The molecule has 1 aliphatic rings. The Morgan fingerprint density at radius 2 is 2.00 bits per heavy atom. The number of carbonyl (C=O) groups excluding carboxylic acids is 2. The Morgan fingerprint density at radius 3 is 2.73 bits per heavy atom. The Bertz CT molecular complexity index is 890. The van der Waals surface area contributed by atoms with E-state index in [1.54, 1.807) is 37.2 Å². The third kappa shape index (κ3) is 3.56. The molecule has 1 N–H and O–H groups in total. The van der Waals surface area contributed by atoms with Gasteiger partial charge in [0.2, 0.25) is 0 Å². The number of likely N-dealkylation sites (tertiary alicyclic amines) is 1. The van der Waals surface area contributed by atoms with Crippen molar-refractivity contribution in [2.45, 2.75) is 19.8 Å². The Kier molecular flexibility index (Phi) is 5.25. The number of hydrogen-bond acceptors (Lipinski definition) is 4. The molecule has 2 heterocycles. The van der Waals surface area contributed by atoms with E-state index in [4.69, 9.17) is 4.74 Å². The Labute approximate surface area is 151 Å². The molecule has 0 radical (unpaired) electrons. The monoisotopic (exact) mass is 357 g/mol. The van der Waals surface area contributed by atoms with Crippen molar-refractivity contribution < 1.29 is 14.3 Å². The van der Waals surface area contributed by atoms with Crippen LogP contribution in [0.2, 0.25) is 0 Å². The third-order valence-corrected chi connectivity index (χ3v) is 4.66. The lowest BCUT2D eigenvalue weighted by atomic mass is 9.98. The Hall–Kier alpha value is -2.83. The number of benzene rings is 1. The molecular weight excluding hydrogens is 334 g/mol. The zero-order valence-electron chi connectivity index (χ0n) is 15.0. The molecule has 2 amide bonds. The van der Waals surface area contributed by atoms with Crippen LogP contribution in [0, 0.1) is 5.92 Å². The predicted molar refractivity (Wildman–Crippen MR) is 99.1 cm³/mol. The maximum Gasteiger partial charge on any atom is 0.321 e. The van der Waals surface area contributed by atoms with Crippen LogP contribution in [0.5, 0.6) is 0 Å². The Morgan fingerprint density at radius 1 is 1.27 bits per heavy atom. The molecule has 1 fully saturated rings. The number of ether oxygens (including phenoxy) is 1. The van der Waals surface area contributed by atoms with Crippen molar-refractivity contribution in [1.82, 2.24) is 9.47 Å². The topological polar surface area (TPSA) is 80.6 Å². The summed E-state index contributed by atoms with van der Waals surface area (Å²) in [6.45, 7) is 3.04. The quantitative estimate of drug-likeness (QED) is 0.855. The molecule has 7 nitrogen and oxygen atoms in total. The summed E-state index contributed by atoms with van der Waals surface area (Å²) in [7, 11) is 1.65. The lowest BCUT2D eigenvalue weighted by Gasteiger charge is -2.31. The number of carbonyl (C=O) groups is 2. The molecule has 2 aromatic rings. The van der Waals surface area contributed by atoms with E-state index in [1.807, 2.05) is 12.1 Å². The number of aromatic nitrogens is 1. The van der Waals surface area contributed by atoms with Crippen LogP contribution in [0.3, 0.4) is 0 Å². The smallest absolute Gasteiger partial charge is 0.321 e. The van der Waals surface area contributed by atoms with E-state index in [0.29, 0.717) is 36.2 Å². The number of urea groups is 1. The maximum absolute atomic E-state index is 12.7. The molecule has 0 spiro atoms. The first-order valence-corrected chi connectivity index (χ1v) is 8.82. The fourth-order valence-corrected chi connectivity index (χ4v) is 3.32. The standard InChI is InChI=1S/C19H23N3O4/c1-3-26-18(24)13-7-6-10-22(11-13)19(25)20-16-12-21(2)17(23)15-9-5-4-8-14(15)16/h4-5,8-9,12-13H,3,6-7,10-11H2,1-2H3,(H,20,25). The predicted octanol–water partition coefficient (Wildman–Crippen LogP) is 2.35. The summed E-state index contributed by atoms with van der Waals surface area (Å²) in [5.74, 6) is -0.538. The number of hydrogen-bond donors (Lipinski definition) is 1. The van der Waals surface area contributed by atoms with Gasteiger partial charge in [0, 0.05) is 37.1 Å². The van der Waals surface area contributed by atoms with Crippen LogP contribution in [0.15, 0.2) is 35.3 Å². The second-order valence-electron chi connectivity index (χ2n) is 6.47. The van der Waals surface area contributed by atoms with Gasteiger partial charge < -0.3 is 19.5 Å². The van der Waals surface area contributed by atoms with Crippen LogP contribution >= 0.6 is 0 Å². The average Bonchev–Trinajstić information content (AvgIpc) is 2.66. The third-order valence-electron chi connectivity index (χ3n) is 4.66. The van der Waals surface area contributed by atoms with Gasteiger partial charge in [0.25, 0.3) is 5.56 Å². The van der Waals surface area contributed by atoms with Gasteiger partial charge in [-0.25, -0.2) is 4.79 Å². The minimum Gasteiger partial charge on any atom is -0.466 e. The lowest BCUT2D eigenvalue weighted by molar-refractivity contribution is -0.149. The van der Waals surface area contributed by atoms with Gasteiger partial charge in [0.15, 0.2) is 0 Å². The number of esters is 1. The van der Waals surface area contributed by atoms with Gasteiger partial charge in [-0.1, -0.05) is 18.2 Å². The summed E-state index contributed by atoms with van der Waals surface area (Å²) in [4.78, 5) is 38.5. The maximum atomic E-state index is 12.7. The van der Waals surface area contributed by atoms with Gasteiger partial charge in [-0.2, -0.15) is 0 Å². The van der Waals surface area contributed by atoms with Gasteiger partial charge in [-0.05, 0) is 25.8 Å². The number of rotatable bonds is 3. The van der Waals surface area contributed by atoms with E-state index >= 15 is 0 Å². The van der Waals surface area contributed by atoms with E-state index < -0.39 is 0 Å². The molecule has 0 saturated carbocycles. The molecule has 26 heavy (non-hydrogen) atoms. The van der Waals surface area contributed by atoms with Gasteiger partial charge in [0.05, 0.1) is 18.2 Å². The number of aryl methyl sites for hydroxylation is 1. The first-order chi connectivity index (χ1) is 12.5. The molecule has 138 valence electrons. The summed E-state index contributed by atoms with van der Waals surface area (Å²) in [6, 6.07) is 6.90. The van der Waals surface area contributed by atoms with E-state index in [-0.39, 0.29) is 23.5 Å². The molecule has 0 aliphatic carbocycles. The molecule has 3 rings (SSSR count). The Balaban J connectivity index is 1.80. The van der Waals surface area contributed by atoms with Crippen LogP contribution in [0.25, 0.3) is 10.8 Å². The van der Waals surface area contributed by atoms with Gasteiger partial charge in [-0.3, -0.25) is 9.59 Å². The molecule has 1 aromatic heterocycles. The first kappa shape index (κ1) is 18.0. The number of fused-ring (bicyclic) bond motifs is 1. The number of pyridine rings is 1. The van der Waals surface area contributed by atoms with Crippen molar-refractivity contribution in [3.05, 3.63) is 40.8 Å². The van der Waals surface area contributed by atoms with Crippen molar-refractivity contribution >= 4 is 28.5 Å². The molecule has 7 heteroatoms. The summed E-state index contributed by atoms with van der Waals surface area (Å²) in [6.07, 6.45) is 3.10. The summed E-state index contributed by atoms with van der Waals surface area (Å²) >= 11 is 0. The van der Waals surface area contributed by atoms with Crippen molar-refractivity contribution in [2.24, 2.45) is 13.0 Å². The first-order valence-electron chi connectivity index (χ1n) is 8.82. The zero-order valence-corrected chi connectivity index (χ0v) is 15.0. The average molecular weight is 357 g/mol. The lowest BCUT2D eigenvalue weighted by Crippen LogP contribution is -2.44. The molecule has 0 bridgehead atoms. The van der Waals surface area contributed by atoms with E-state index in [9.17, 15) is 14.4 Å². The number of nitrogens with zero attached hydrogens (tertiary/aromatic N) is 2. The molecule has 1 saturated heterocycles. The van der Waals surface area contributed by atoms with Gasteiger partial charge in [0.1, 0.15) is 0 Å². The molecule has 1 aliphatic heterocycles. The fraction of sp³-hybridized carbons (Fsp3) is 0.421. The summed E-state index contributed by atoms with van der Waals surface area (Å²) < 4.78 is 6.53. The molecule has 1 unspecified atom stereocenters. The van der Waals surface area contributed by atoms with Crippen LogP contribution in [-0.2, 0) is 16.6 Å². The second-order valence-corrected chi connectivity index (χ2v) is 6.47. The molecule has 1 aromatic carbocycles. The van der Waals surface area contributed by atoms with E-state index in [2.05, 4.69) is 5.32 Å². The second kappa shape index (κ2) is 7.59. The van der Waals surface area contributed by atoms with Crippen LogP contribution in [-0.4, -0.2) is 41.2 Å². The van der Waals surface area contributed by atoms with Crippen LogP contribution in [0.4, 0.5) is 10.5 Å². The number of amides is 2. The zero-order chi connectivity index (χ0) is 18.7. The number of anilines is 1. The van der Waals surface area contributed by atoms with Crippen molar-refractivity contribution in [1.29, 1.82) is 0 Å². The normalized spacial score (nSPS) is 17.2. The van der Waals surface area contributed by atoms with Crippen molar-refractivity contribution in [3.8, 4) is 0 Å². The highest BCUT2D eigenvalue weighted by molar-refractivity contribution is 6.01. The fourth-order valence-electron chi connectivity index (χ4n) is 3.32. The number of nitrogens with one attached hydrogen (secondary N) is 1. The molecule has 1 atom stereocenters.